The standard InChI is InChI=1S/C49H97NO4/c1-3-5-7-9-11-13-15-17-19-21-23-24-25-26-28-30-32-34-36-38-40-42-46(52)44-49(54)50-47(45-51)48(53)43-41-39-37-35-33-31-29-27-22-20-18-16-14-12-10-8-6-4-2/h26,28,46-48,51-53H,3-25,27,29-45H2,1-2H3,(H,50,54)/b28-26-. The average molecular weight is 764 g/mol. The first kappa shape index (κ1) is 53.1. The summed E-state index contributed by atoms with van der Waals surface area (Å²) in [6, 6.07) is -0.658. The first-order valence-corrected chi connectivity index (χ1v) is 24.5. The third-order valence-corrected chi connectivity index (χ3v) is 11.6. The zero-order valence-electron chi connectivity index (χ0n) is 36.6. The van der Waals surface area contributed by atoms with Crippen LogP contribution in [0.2, 0.25) is 0 Å². The van der Waals surface area contributed by atoms with Crippen LogP contribution in [0.3, 0.4) is 0 Å². The lowest BCUT2D eigenvalue weighted by Crippen LogP contribution is -2.46. The lowest BCUT2D eigenvalue weighted by atomic mass is 10.0. The van der Waals surface area contributed by atoms with Gasteiger partial charge >= 0.3 is 0 Å². The van der Waals surface area contributed by atoms with E-state index in [2.05, 4.69) is 31.3 Å². The molecule has 0 heterocycles. The molecule has 0 saturated heterocycles. The zero-order valence-corrected chi connectivity index (χ0v) is 36.6. The van der Waals surface area contributed by atoms with Crippen LogP contribution in [0.15, 0.2) is 12.2 Å². The number of rotatable bonds is 45. The zero-order chi connectivity index (χ0) is 39.4. The molecule has 0 aliphatic heterocycles. The summed E-state index contributed by atoms with van der Waals surface area (Å²) in [4.78, 5) is 12.5. The fourth-order valence-corrected chi connectivity index (χ4v) is 7.81. The van der Waals surface area contributed by atoms with E-state index in [4.69, 9.17) is 0 Å². The number of aliphatic hydroxyl groups is 3. The van der Waals surface area contributed by atoms with Crippen molar-refractivity contribution in [3.63, 3.8) is 0 Å². The molecule has 0 radical (unpaired) electrons. The minimum atomic E-state index is -0.749. The Hall–Kier alpha value is -0.910. The molecule has 0 aromatic carbocycles. The van der Waals surface area contributed by atoms with Crippen LogP contribution >= 0.6 is 0 Å². The first-order chi connectivity index (χ1) is 26.5. The van der Waals surface area contributed by atoms with Crippen LogP contribution in [0, 0.1) is 0 Å². The predicted molar refractivity (Wildman–Crippen MR) is 236 cm³/mol. The van der Waals surface area contributed by atoms with Crippen LogP contribution in [0.25, 0.3) is 0 Å². The van der Waals surface area contributed by atoms with Gasteiger partial charge in [-0.3, -0.25) is 4.79 Å². The van der Waals surface area contributed by atoms with Crippen molar-refractivity contribution in [3.8, 4) is 0 Å². The third-order valence-electron chi connectivity index (χ3n) is 11.6. The summed E-state index contributed by atoms with van der Waals surface area (Å²) in [5.41, 5.74) is 0. The minimum Gasteiger partial charge on any atom is -0.394 e. The van der Waals surface area contributed by atoms with Crippen LogP contribution in [0.5, 0.6) is 0 Å². The molecule has 0 spiro atoms. The summed E-state index contributed by atoms with van der Waals surface area (Å²) in [7, 11) is 0. The molecule has 0 aliphatic rings. The molecular formula is C49H97NO4. The van der Waals surface area contributed by atoms with E-state index in [9.17, 15) is 20.1 Å². The Morgan fingerprint density at radius 2 is 0.741 bits per heavy atom. The highest BCUT2D eigenvalue weighted by molar-refractivity contribution is 5.76. The van der Waals surface area contributed by atoms with E-state index in [1.54, 1.807) is 0 Å². The van der Waals surface area contributed by atoms with Crippen molar-refractivity contribution in [2.75, 3.05) is 6.61 Å². The van der Waals surface area contributed by atoms with Gasteiger partial charge in [-0.15, -0.1) is 0 Å². The molecule has 1 amide bonds. The average Bonchev–Trinajstić information content (AvgIpc) is 3.16. The number of hydrogen-bond donors (Lipinski definition) is 4. The lowest BCUT2D eigenvalue weighted by molar-refractivity contribution is -0.125. The van der Waals surface area contributed by atoms with Crippen LogP contribution in [-0.2, 0) is 4.79 Å². The van der Waals surface area contributed by atoms with Crippen molar-refractivity contribution >= 4 is 5.91 Å². The molecule has 0 saturated carbocycles. The van der Waals surface area contributed by atoms with Gasteiger partial charge in [-0.25, -0.2) is 0 Å². The van der Waals surface area contributed by atoms with Gasteiger partial charge in [-0.1, -0.05) is 238 Å². The van der Waals surface area contributed by atoms with Crippen molar-refractivity contribution in [1.82, 2.24) is 5.32 Å². The summed E-state index contributed by atoms with van der Waals surface area (Å²) in [6.07, 6.45) is 53.3. The largest absolute Gasteiger partial charge is 0.394 e. The second kappa shape index (κ2) is 44.8. The Morgan fingerprint density at radius 1 is 0.444 bits per heavy atom. The van der Waals surface area contributed by atoms with Crippen LogP contribution in [0.4, 0.5) is 0 Å². The SMILES string of the molecule is CCCCCCCCCCCCCC/C=C\CCCCCCCC(O)CC(=O)NC(CO)C(O)CCCCCCCCCCCCCCCCCCCC. The topological polar surface area (TPSA) is 89.8 Å². The Bertz CT molecular complexity index is 758. The monoisotopic (exact) mass is 764 g/mol. The highest BCUT2D eigenvalue weighted by atomic mass is 16.3. The summed E-state index contributed by atoms with van der Waals surface area (Å²) in [6.45, 7) is 4.29. The summed E-state index contributed by atoms with van der Waals surface area (Å²) >= 11 is 0. The smallest absolute Gasteiger partial charge is 0.222 e. The Kier molecular flexibility index (Phi) is 44.0. The molecule has 0 rings (SSSR count). The number of carbonyl (C=O) groups is 1. The number of aliphatic hydroxyl groups excluding tert-OH is 3. The molecule has 0 aliphatic carbocycles. The molecule has 3 unspecified atom stereocenters. The van der Waals surface area contributed by atoms with Gasteiger partial charge in [-0.2, -0.15) is 0 Å². The van der Waals surface area contributed by atoms with E-state index >= 15 is 0 Å². The van der Waals surface area contributed by atoms with E-state index in [0.29, 0.717) is 12.8 Å². The molecule has 5 nitrogen and oxygen atoms in total. The van der Waals surface area contributed by atoms with Gasteiger partial charge in [-0.05, 0) is 38.5 Å². The molecule has 0 aromatic heterocycles. The quantitative estimate of drug-likeness (QED) is 0.0367. The molecule has 5 heteroatoms. The van der Waals surface area contributed by atoms with Crippen molar-refractivity contribution in [2.24, 2.45) is 0 Å². The fourth-order valence-electron chi connectivity index (χ4n) is 7.81. The summed E-state index contributed by atoms with van der Waals surface area (Å²) < 4.78 is 0. The van der Waals surface area contributed by atoms with Gasteiger partial charge in [0, 0.05) is 0 Å². The van der Waals surface area contributed by atoms with E-state index in [1.807, 2.05) is 0 Å². The number of unbranched alkanes of at least 4 members (excludes halogenated alkanes) is 34. The summed E-state index contributed by atoms with van der Waals surface area (Å²) in [5.74, 6) is -0.284. The van der Waals surface area contributed by atoms with E-state index < -0.39 is 18.2 Å². The Balaban J connectivity index is 3.58. The molecule has 3 atom stereocenters. The van der Waals surface area contributed by atoms with Crippen molar-refractivity contribution in [3.05, 3.63) is 12.2 Å². The highest BCUT2D eigenvalue weighted by Gasteiger charge is 2.21. The second-order valence-electron chi connectivity index (χ2n) is 17.1. The lowest BCUT2D eigenvalue weighted by Gasteiger charge is -2.23. The predicted octanol–water partition coefficient (Wildman–Crippen LogP) is 14.4. The van der Waals surface area contributed by atoms with Gasteiger partial charge in [0.25, 0.3) is 0 Å². The van der Waals surface area contributed by atoms with Crippen LogP contribution in [-0.4, -0.2) is 46.1 Å². The van der Waals surface area contributed by atoms with Gasteiger partial charge < -0.3 is 20.6 Å². The fraction of sp³-hybridized carbons (Fsp3) is 0.939. The minimum absolute atomic E-state index is 0.0341. The Morgan fingerprint density at radius 3 is 1.07 bits per heavy atom. The van der Waals surface area contributed by atoms with Crippen molar-refractivity contribution in [2.45, 2.75) is 289 Å². The molecule has 0 bridgehead atoms. The number of nitrogens with one attached hydrogen (secondary N) is 1. The second-order valence-corrected chi connectivity index (χ2v) is 17.1. The van der Waals surface area contributed by atoms with Crippen LogP contribution < -0.4 is 5.32 Å². The molecule has 0 fully saturated rings. The van der Waals surface area contributed by atoms with E-state index in [1.165, 1.54) is 212 Å². The third kappa shape index (κ3) is 40.7. The normalized spacial score (nSPS) is 13.5. The number of amides is 1. The number of carbonyl (C=O) groups excluding carboxylic acids is 1. The van der Waals surface area contributed by atoms with E-state index in [0.717, 1.165) is 25.7 Å². The molecule has 4 N–H and O–H groups in total. The molecule has 54 heavy (non-hydrogen) atoms. The van der Waals surface area contributed by atoms with Gasteiger partial charge in [0.1, 0.15) is 0 Å². The van der Waals surface area contributed by atoms with Crippen molar-refractivity contribution < 1.29 is 20.1 Å². The molecular weight excluding hydrogens is 667 g/mol. The summed E-state index contributed by atoms with van der Waals surface area (Å²) in [5, 5.41) is 33.5. The maximum Gasteiger partial charge on any atom is 0.222 e. The Labute approximate surface area is 338 Å². The molecule has 322 valence electrons. The molecule has 0 aromatic rings. The first-order valence-electron chi connectivity index (χ1n) is 24.5. The number of hydrogen-bond acceptors (Lipinski definition) is 4. The number of allylic oxidation sites excluding steroid dienone is 2. The van der Waals surface area contributed by atoms with Gasteiger partial charge in [0.15, 0.2) is 0 Å². The van der Waals surface area contributed by atoms with E-state index in [-0.39, 0.29) is 18.9 Å². The maximum absolute atomic E-state index is 12.5. The van der Waals surface area contributed by atoms with Gasteiger partial charge in [0.2, 0.25) is 5.91 Å². The van der Waals surface area contributed by atoms with Crippen molar-refractivity contribution in [1.29, 1.82) is 0 Å². The van der Waals surface area contributed by atoms with Gasteiger partial charge in [0.05, 0.1) is 31.3 Å². The highest BCUT2D eigenvalue weighted by Crippen LogP contribution is 2.17. The van der Waals surface area contributed by atoms with Crippen LogP contribution in [0.1, 0.15) is 271 Å². The maximum atomic E-state index is 12.5.